The molecule has 4 nitrogen and oxygen atoms in total. The van der Waals surface area contributed by atoms with Gasteiger partial charge < -0.3 is 10.4 Å². The highest BCUT2D eigenvalue weighted by atomic mass is 35.5. The van der Waals surface area contributed by atoms with Crippen LogP contribution in [0.25, 0.3) is 10.9 Å². The maximum Gasteiger partial charge on any atom is 0.255 e. The van der Waals surface area contributed by atoms with Crippen molar-refractivity contribution in [3.8, 4) is 5.75 Å². The number of carbonyl (C=O) groups excluding carboxylic acids is 1. The SMILES string of the molecule is C.O=C(NCc1cccc(Cl)c1)c1ccc2cccnc2c1O. The molecule has 3 rings (SSSR count). The van der Waals surface area contributed by atoms with Crippen molar-refractivity contribution in [3.63, 3.8) is 0 Å². The van der Waals surface area contributed by atoms with E-state index in [1.54, 1.807) is 36.5 Å². The van der Waals surface area contributed by atoms with Gasteiger partial charge in [-0.25, -0.2) is 0 Å². The Morgan fingerprint density at radius 3 is 2.78 bits per heavy atom. The first-order valence-corrected chi connectivity index (χ1v) is 7.12. The highest BCUT2D eigenvalue weighted by molar-refractivity contribution is 6.30. The molecule has 2 aromatic carbocycles. The van der Waals surface area contributed by atoms with Crippen LogP contribution in [0.4, 0.5) is 0 Å². The van der Waals surface area contributed by atoms with Crippen molar-refractivity contribution < 1.29 is 9.90 Å². The predicted octanol–water partition coefficient (Wildman–Crippen LogP) is 4.16. The Morgan fingerprint density at radius 1 is 1.17 bits per heavy atom. The van der Waals surface area contributed by atoms with Gasteiger partial charge in [0.2, 0.25) is 0 Å². The van der Waals surface area contributed by atoms with E-state index in [-0.39, 0.29) is 24.6 Å². The fraction of sp³-hybridized carbons (Fsp3) is 0.111. The quantitative estimate of drug-likeness (QED) is 0.759. The molecule has 0 saturated carbocycles. The summed E-state index contributed by atoms with van der Waals surface area (Å²) >= 11 is 5.91. The lowest BCUT2D eigenvalue weighted by Gasteiger charge is -2.09. The number of rotatable bonds is 3. The van der Waals surface area contributed by atoms with Gasteiger partial charge in [-0.3, -0.25) is 9.78 Å². The fourth-order valence-corrected chi connectivity index (χ4v) is 2.45. The molecule has 5 heteroatoms. The van der Waals surface area contributed by atoms with Crippen LogP contribution in [0.1, 0.15) is 23.3 Å². The third kappa shape index (κ3) is 3.60. The number of halogens is 1. The smallest absolute Gasteiger partial charge is 0.255 e. The molecule has 0 atom stereocenters. The molecule has 0 fully saturated rings. The number of aromatic hydroxyl groups is 1. The number of hydrogen-bond donors (Lipinski definition) is 2. The number of benzene rings is 2. The van der Waals surface area contributed by atoms with Gasteiger partial charge in [0.05, 0.1) is 5.56 Å². The van der Waals surface area contributed by atoms with Crippen LogP contribution in [0.15, 0.2) is 54.7 Å². The number of fused-ring (bicyclic) bond motifs is 1. The Hall–Kier alpha value is -2.59. The molecule has 118 valence electrons. The van der Waals surface area contributed by atoms with Crippen LogP contribution in [0, 0.1) is 0 Å². The Kier molecular flexibility index (Phi) is 5.19. The average Bonchev–Trinajstić information content (AvgIpc) is 2.53. The van der Waals surface area contributed by atoms with Crippen LogP contribution >= 0.6 is 11.6 Å². The fourth-order valence-electron chi connectivity index (χ4n) is 2.24. The zero-order valence-electron chi connectivity index (χ0n) is 11.6. The third-order valence-corrected chi connectivity index (χ3v) is 3.57. The summed E-state index contributed by atoms with van der Waals surface area (Å²) < 4.78 is 0. The number of aromatic nitrogens is 1. The summed E-state index contributed by atoms with van der Waals surface area (Å²) in [7, 11) is 0. The molecule has 1 heterocycles. The van der Waals surface area contributed by atoms with Gasteiger partial charge >= 0.3 is 0 Å². The number of phenolic OH excluding ortho intramolecular Hbond substituents is 1. The van der Waals surface area contributed by atoms with Crippen LogP contribution in [-0.4, -0.2) is 16.0 Å². The summed E-state index contributed by atoms with van der Waals surface area (Å²) in [5, 5.41) is 14.4. The van der Waals surface area contributed by atoms with E-state index in [0.717, 1.165) is 10.9 Å². The molecule has 1 aromatic heterocycles. The molecule has 1 amide bonds. The van der Waals surface area contributed by atoms with Crippen molar-refractivity contribution >= 4 is 28.4 Å². The van der Waals surface area contributed by atoms with Gasteiger partial charge in [-0.15, -0.1) is 0 Å². The molecule has 3 aromatic rings. The van der Waals surface area contributed by atoms with Crippen molar-refractivity contribution in [3.05, 3.63) is 70.9 Å². The molecule has 0 unspecified atom stereocenters. The van der Waals surface area contributed by atoms with E-state index in [9.17, 15) is 9.90 Å². The number of carbonyl (C=O) groups is 1. The maximum atomic E-state index is 12.2. The Balaban J connectivity index is 0.00000192. The Morgan fingerprint density at radius 2 is 2.00 bits per heavy atom. The monoisotopic (exact) mass is 328 g/mol. The van der Waals surface area contributed by atoms with Gasteiger partial charge in [0, 0.05) is 23.2 Å². The molecule has 0 aliphatic heterocycles. The number of nitrogens with zero attached hydrogens (tertiary/aromatic N) is 1. The van der Waals surface area contributed by atoms with E-state index in [0.29, 0.717) is 17.1 Å². The van der Waals surface area contributed by atoms with Gasteiger partial charge in [0.1, 0.15) is 5.52 Å². The van der Waals surface area contributed by atoms with Crippen LogP contribution in [-0.2, 0) is 6.54 Å². The second kappa shape index (κ2) is 7.11. The maximum absolute atomic E-state index is 12.2. The Bertz CT molecular complexity index is 849. The van der Waals surface area contributed by atoms with Crippen molar-refractivity contribution in [1.82, 2.24) is 10.3 Å². The zero-order chi connectivity index (χ0) is 15.5. The summed E-state index contributed by atoms with van der Waals surface area (Å²) in [6.45, 7) is 0.332. The number of hydrogen-bond acceptors (Lipinski definition) is 3. The topological polar surface area (TPSA) is 62.2 Å². The van der Waals surface area contributed by atoms with Gasteiger partial charge in [0.15, 0.2) is 5.75 Å². The molecule has 23 heavy (non-hydrogen) atoms. The van der Waals surface area contributed by atoms with Crippen LogP contribution in [0.5, 0.6) is 5.75 Å². The first-order valence-electron chi connectivity index (χ1n) is 6.74. The summed E-state index contributed by atoms with van der Waals surface area (Å²) in [6.07, 6.45) is 1.58. The molecule has 0 saturated heterocycles. The average molecular weight is 329 g/mol. The normalized spacial score (nSPS) is 10.1. The standard InChI is InChI=1S/C17H13ClN2O2.CH4/c18-13-5-1-3-11(9-13)10-20-17(22)14-7-6-12-4-2-8-19-15(12)16(14)21;/h1-9,21H,10H2,(H,20,22);1H4. The van der Waals surface area contributed by atoms with Crippen LogP contribution in [0.2, 0.25) is 5.02 Å². The molecule has 0 bridgehead atoms. The lowest BCUT2D eigenvalue weighted by Crippen LogP contribution is -2.22. The predicted molar refractivity (Wildman–Crippen MR) is 92.8 cm³/mol. The molecule has 2 N–H and O–H groups in total. The number of nitrogens with one attached hydrogen (secondary N) is 1. The highest BCUT2D eigenvalue weighted by Crippen LogP contribution is 2.26. The van der Waals surface area contributed by atoms with E-state index in [2.05, 4.69) is 10.3 Å². The van der Waals surface area contributed by atoms with E-state index < -0.39 is 0 Å². The summed E-state index contributed by atoms with van der Waals surface area (Å²) in [4.78, 5) is 16.3. The van der Waals surface area contributed by atoms with Gasteiger partial charge in [-0.05, 0) is 29.8 Å². The van der Waals surface area contributed by atoms with Crippen LogP contribution < -0.4 is 5.32 Å². The second-order valence-electron chi connectivity index (χ2n) is 4.85. The lowest BCUT2D eigenvalue weighted by atomic mass is 10.1. The zero-order valence-corrected chi connectivity index (χ0v) is 12.3. The lowest BCUT2D eigenvalue weighted by molar-refractivity contribution is 0.0948. The highest BCUT2D eigenvalue weighted by Gasteiger charge is 2.14. The molecule has 0 aliphatic carbocycles. The summed E-state index contributed by atoms with van der Waals surface area (Å²) in [5.41, 5.74) is 1.50. The first-order chi connectivity index (χ1) is 10.6. The minimum atomic E-state index is -0.356. The van der Waals surface area contributed by atoms with Crippen LogP contribution in [0.3, 0.4) is 0 Å². The van der Waals surface area contributed by atoms with E-state index >= 15 is 0 Å². The van der Waals surface area contributed by atoms with Crippen molar-refractivity contribution in [2.45, 2.75) is 14.0 Å². The summed E-state index contributed by atoms with van der Waals surface area (Å²) in [5.74, 6) is -0.466. The van der Waals surface area contributed by atoms with E-state index in [4.69, 9.17) is 11.6 Å². The van der Waals surface area contributed by atoms with Crippen molar-refractivity contribution in [2.75, 3.05) is 0 Å². The van der Waals surface area contributed by atoms with Crippen molar-refractivity contribution in [1.29, 1.82) is 0 Å². The number of phenols is 1. The van der Waals surface area contributed by atoms with Crippen molar-refractivity contribution in [2.24, 2.45) is 0 Å². The second-order valence-corrected chi connectivity index (χ2v) is 5.29. The Labute approximate surface area is 139 Å². The molecule has 0 radical (unpaired) electrons. The minimum Gasteiger partial charge on any atom is -0.505 e. The van der Waals surface area contributed by atoms with Gasteiger partial charge in [0.25, 0.3) is 5.91 Å². The minimum absolute atomic E-state index is 0. The molecular formula is C18H17ClN2O2. The van der Waals surface area contributed by atoms with E-state index in [1.807, 2.05) is 18.2 Å². The van der Waals surface area contributed by atoms with Gasteiger partial charge in [-0.2, -0.15) is 0 Å². The van der Waals surface area contributed by atoms with E-state index in [1.165, 1.54) is 0 Å². The largest absolute Gasteiger partial charge is 0.505 e. The summed E-state index contributed by atoms with van der Waals surface area (Å²) in [6, 6.07) is 14.2. The number of amides is 1. The van der Waals surface area contributed by atoms with Gasteiger partial charge in [-0.1, -0.05) is 43.3 Å². The third-order valence-electron chi connectivity index (χ3n) is 3.33. The number of pyridine rings is 1. The molecular weight excluding hydrogens is 312 g/mol. The first kappa shape index (κ1) is 16.8. The molecule has 0 spiro atoms. The molecule has 0 aliphatic rings.